The highest BCUT2D eigenvalue weighted by Gasteiger charge is 2.19. The zero-order valence-corrected chi connectivity index (χ0v) is 20.5. The number of hydrogen-bond acceptors (Lipinski definition) is 10. The number of nitrogens with one attached hydrogen (secondary N) is 1. The molecule has 0 bridgehead atoms. The summed E-state index contributed by atoms with van der Waals surface area (Å²) in [6.07, 6.45) is 0.728. The third-order valence-corrected chi connectivity index (χ3v) is 6.93. The monoisotopic (exact) mass is 499 g/mol. The number of benzene rings is 1. The van der Waals surface area contributed by atoms with E-state index in [9.17, 15) is 14.4 Å². The molecule has 0 unspecified atom stereocenters. The average molecular weight is 500 g/mol. The van der Waals surface area contributed by atoms with Gasteiger partial charge in [-0.25, -0.2) is 14.8 Å². The lowest BCUT2D eigenvalue weighted by molar-refractivity contribution is -0.113. The van der Waals surface area contributed by atoms with E-state index in [0.29, 0.717) is 27.3 Å². The third-order valence-electron chi connectivity index (χ3n) is 4.97. The van der Waals surface area contributed by atoms with Gasteiger partial charge in [0.05, 0.1) is 12.9 Å². The highest BCUT2D eigenvalue weighted by Crippen LogP contribution is 2.27. The Labute approximate surface area is 201 Å². The van der Waals surface area contributed by atoms with Gasteiger partial charge in [-0.15, -0.1) is 10.2 Å². The van der Waals surface area contributed by atoms with Gasteiger partial charge in [-0.3, -0.25) is 24.0 Å². The molecule has 0 aliphatic rings. The molecule has 0 atom stereocenters. The van der Waals surface area contributed by atoms with E-state index in [1.807, 2.05) is 6.92 Å². The van der Waals surface area contributed by atoms with E-state index in [4.69, 9.17) is 4.74 Å². The van der Waals surface area contributed by atoms with Crippen LogP contribution in [0.5, 0.6) is 5.75 Å². The van der Waals surface area contributed by atoms with Crippen molar-refractivity contribution in [1.29, 1.82) is 0 Å². The molecule has 0 saturated heterocycles. The zero-order chi connectivity index (χ0) is 24.4. The lowest BCUT2D eigenvalue weighted by atomic mass is 10.2. The molecule has 11 nitrogen and oxygen atoms in total. The van der Waals surface area contributed by atoms with Crippen molar-refractivity contribution in [3.05, 3.63) is 50.1 Å². The first-order chi connectivity index (χ1) is 16.3. The highest BCUT2D eigenvalue weighted by molar-refractivity contribution is 8.00. The molecule has 176 valence electrons. The first kappa shape index (κ1) is 23.6. The van der Waals surface area contributed by atoms with Gasteiger partial charge in [0.15, 0.2) is 11.5 Å². The largest absolute Gasteiger partial charge is 0.497 e. The van der Waals surface area contributed by atoms with Crippen molar-refractivity contribution in [2.75, 3.05) is 18.2 Å². The summed E-state index contributed by atoms with van der Waals surface area (Å²) in [5.74, 6) is 0.641. The Balaban J connectivity index is 1.74. The van der Waals surface area contributed by atoms with Crippen molar-refractivity contribution in [3.63, 3.8) is 0 Å². The van der Waals surface area contributed by atoms with Crippen LogP contribution in [0, 0.1) is 0 Å². The zero-order valence-electron chi connectivity index (χ0n) is 18.9. The number of thioether (sulfide) groups is 1. The Morgan fingerprint density at radius 1 is 1.12 bits per heavy atom. The SMILES string of the molecule is CCc1nnc(NC(=O)CSc2nc(-c3ccc(OC)cc3)nc3c2c(=O)n(C)c(=O)n3C)s1. The first-order valence-corrected chi connectivity index (χ1v) is 12.0. The lowest BCUT2D eigenvalue weighted by Gasteiger charge is -2.12. The average Bonchev–Trinajstić information content (AvgIpc) is 3.31. The summed E-state index contributed by atoms with van der Waals surface area (Å²) in [6.45, 7) is 1.95. The lowest BCUT2D eigenvalue weighted by Crippen LogP contribution is -2.37. The maximum absolute atomic E-state index is 12.9. The number of ether oxygens (including phenoxy) is 1. The fraction of sp³-hybridized carbons (Fsp3) is 0.286. The highest BCUT2D eigenvalue weighted by atomic mass is 32.2. The summed E-state index contributed by atoms with van der Waals surface area (Å²) in [5, 5.41) is 12.3. The molecule has 4 aromatic rings. The number of aryl methyl sites for hydroxylation is 2. The van der Waals surface area contributed by atoms with Crippen LogP contribution in [0.3, 0.4) is 0 Å². The van der Waals surface area contributed by atoms with E-state index >= 15 is 0 Å². The molecular formula is C21H21N7O4S2. The Hall–Kier alpha value is -3.58. The fourth-order valence-corrected chi connectivity index (χ4v) is 4.65. The number of nitrogens with zero attached hydrogens (tertiary/aromatic N) is 6. The second kappa shape index (κ2) is 9.73. The molecular weight excluding hydrogens is 478 g/mol. The fourth-order valence-electron chi connectivity index (χ4n) is 3.14. The minimum Gasteiger partial charge on any atom is -0.497 e. The number of aromatic nitrogens is 6. The van der Waals surface area contributed by atoms with Crippen LogP contribution in [0.25, 0.3) is 22.4 Å². The van der Waals surface area contributed by atoms with Gasteiger partial charge in [-0.05, 0) is 30.7 Å². The number of carbonyl (C=O) groups is 1. The normalized spacial score (nSPS) is 11.1. The van der Waals surface area contributed by atoms with Gasteiger partial charge in [0.25, 0.3) is 5.56 Å². The molecule has 3 heterocycles. The van der Waals surface area contributed by atoms with Gasteiger partial charge < -0.3 is 4.74 Å². The van der Waals surface area contributed by atoms with Crippen molar-refractivity contribution in [2.24, 2.45) is 14.1 Å². The summed E-state index contributed by atoms with van der Waals surface area (Å²) in [7, 11) is 4.50. The Bertz CT molecular complexity index is 1490. The van der Waals surface area contributed by atoms with Crippen LogP contribution in [-0.2, 0) is 25.3 Å². The predicted octanol–water partition coefficient (Wildman–Crippen LogP) is 1.85. The molecule has 0 saturated carbocycles. The van der Waals surface area contributed by atoms with Gasteiger partial charge in [-0.2, -0.15) is 0 Å². The van der Waals surface area contributed by atoms with E-state index < -0.39 is 11.2 Å². The Morgan fingerprint density at radius 2 is 1.85 bits per heavy atom. The van der Waals surface area contributed by atoms with Crippen molar-refractivity contribution in [1.82, 2.24) is 29.3 Å². The van der Waals surface area contributed by atoms with Crippen LogP contribution >= 0.6 is 23.1 Å². The summed E-state index contributed by atoms with van der Waals surface area (Å²) in [5.41, 5.74) is -0.177. The van der Waals surface area contributed by atoms with E-state index in [0.717, 1.165) is 27.8 Å². The molecule has 4 rings (SSSR count). The third kappa shape index (κ3) is 4.56. The number of amides is 1. The standard InChI is InChI=1S/C21H21N7O4S2/c1-5-14-25-26-20(34-14)22-13(29)10-33-18-15-17(27(2)21(31)28(3)19(15)30)23-16(24-18)11-6-8-12(32-4)9-7-11/h6-9H,5,10H2,1-4H3,(H,22,26,29). The summed E-state index contributed by atoms with van der Waals surface area (Å²) < 4.78 is 7.49. The second-order valence-electron chi connectivity index (χ2n) is 7.18. The number of anilines is 1. The molecule has 34 heavy (non-hydrogen) atoms. The first-order valence-electron chi connectivity index (χ1n) is 10.2. The van der Waals surface area contributed by atoms with E-state index in [2.05, 4.69) is 25.5 Å². The van der Waals surface area contributed by atoms with Crippen LogP contribution in [0.15, 0.2) is 38.9 Å². The molecule has 0 radical (unpaired) electrons. The van der Waals surface area contributed by atoms with Crippen LogP contribution in [-0.4, -0.2) is 48.1 Å². The maximum atomic E-state index is 12.9. The smallest absolute Gasteiger partial charge is 0.332 e. The summed E-state index contributed by atoms with van der Waals surface area (Å²) in [6, 6.07) is 7.08. The van der Waals surface area contributed by atoms with Crippen LogP contribution in [0.1, 0.15) is 11.9 Å². The molecule has 1 amide bonds. The molecule has 1 N–H and O–H groups in total. The van der Waals surface area contributed by atoms with Crippen molar-refractivity contribution in [2.45, 2.75) is 18.4 Å². The van der Waals surface area contributed by atoms with Crippen LogP contribution in [0.2, 0.25) is 0 Å². The maximum Gasteiger partial charge on any atom is 0.332 e. The molecule has 0 fully saturated rings. The van der Waals surface area contributed by atoms with E-state index in [1.165, 1.54) is 30.0 Å². The molecule has 3 aromatic heterocycles. The number of rotatable bonds is 7. The predicted molar refractivity (Wildman–Crippen MR) is 131 cm³/mol. The minimum absolute atomic E-state index is 0.0266. The Morgan fingerprint density at radius 3 is 2.50 bits per heavy atom. The van der Waals surface area contributed by atoms with Crippen LogP contribution in [0.4, 0.5) is 5.13 Å². The molecule has 13 heteroatoms. The van der Waals surface area contributed by atoms with E-state index in [-0.39, 0.29) is 22.7 Å². The van der Waals surface area contributed by atoms with Gasteiger partial charge in [0, 0.05) is 19.7 Å². The van der Waals surface area contributed by atoms with Gasteiger partial charge in [-0.1, -0.05) is 30.0 Å². The molecule has 0 aliphatic carbocycles. The minimum atomic E-state index is -0.529. The number of fused-ring (bicyclic) bond motifs is 1. The number of hydrogen-bond donors (Lipinski definition) is 1. The number of methoxy groups -OCH3 is 1. The van der Waals surface area contributed by atoms with E-state index in [1.54, 1.807) is 31.4 Å². The topological polar surface area (TPSA) is 134 Å². The summed E-state index contributed by atoms with van der Waals surface area (Å²) >= 11 is 2.39. The summed E-state index contributed by atoms with van der Waals surface area (Å²) in [4.78, 5) is 47.1. The van der Waals surface area contributed by atoms with Gasteiger partial charge >= 0.3 is 5.69 Å². The second-order valence-corrected chi connectivity index (χ2v) is 9.20. The van der Waals surface area contributed by atoms with Crippen molar-refractivity contribution in [3.8, 4) is 17.1 Å². The molecule has 0 aliphatic heterocycles. The van der Waals surface area contributed by atoms with Crippen molar-refractivity contribution < 1.29 is 9.53 Å². The molecule has 1 aromatic carbocycles. The number of carbonyl (C=O) groups excluding carboxylic acids is 1. The Kier molecular flexibility index (Phi) is 6.75. The van der Waals surface area contributed by atoms with Gasteiger partial charge in [0.1, 0.15) is 21.2 Å². The molecule has 0 spiro atoms. The van der Waals surface area contributed by atoms with Crippen molar-refractivity contribution >= 4 is 45.2 Å². The van der Waals surface area contributed by atoms with Crippen LogP contribution < -0.4 is 21.3 Å². The quantitative estimate of drug-likeness (QED) is 0.299. The van der Waals surface area contributed by atoms with Gasteiger partial charge in [0.2, 0.25) is 11.0 Å².